The Balaban J connectivity index is 5.25. The summed E-state index contributed by atoms with van der Waals surface area (Å²) in [5.41, 5.74) is 1.27. The van der Waals surface area contributed by atoms with Crippen LogP contribution in [0, 0.1) is 5.92 Å². The third kappa shape index (κ3) is 8.59. The molecule has 0 rings (SSSR count). The number of carbonyl (C=O) groups is 1. The highest BCUT2D eigenvalue weighted by Gasteiger charge is 2.48. The van der Waals surface area contributed by atoms with Crippen LogP contribution in [0.5, 0.6) is 0 Å². The lowest BCUT2D eigenvalue weighted by molar-refractivity contribution is -0.140. The first-order valence-corrected chi connectivity index (χ1v) is 20.2. The molecule has 0 N–H and O–H groups in total. The summed E-state index contributed by atoms with van der Waals surface area (Å²) in [6.07, 6.45) is 1.14. The molecule has 174 valence electrons. The first-order valence-electron chi connectivity index (χ1n) is 11.5. The zero-order chi connectivity index (χ0) is 23.2. The Labute approximate surface area is 185 Å². The molecule has 0 aliphatic carbocycles. The molecule has 7 heteroatoms. The van der Waals surface area contributed by atoms with E-state index in [1.165, 1.54) is 0 Å². The molecular formula is C22H51NO3Si3. The molecule has 0 saturated heterocycles. The van der Waals surface area contributed by atoms with Crippen molar-refractivity contribution in [1.82, 2.24) is 4.57 Å². The molecule has 0 aromatic rings. The smallest absolute Gasteiger partial charge is 0.296 e. The summed E-state index contributed by atoms with van der Waals surface area (Å²) in [6.45, 7) is 29.0. The van der Waals surface area contributed by atoms with Gasteiger partial charge in [0, 0.05) is 13.7 Å². The van der Waals surface area contributed by atoms with Gasteiger partial charge in [0.25, 0.3) is 14.3 Å². The second kappa shape index (κ2) is 11.6. The largest absolute Gasteiger partial charge is 0.518 e. The van der Waals surface area contributed by atoms with E-state index >= 15 is 0 Å². The van der Waals surface area contributed by atoms with Gasteiger partial charge in [-0.05, 0) is 48.7 Å². The van der Waals surface area contributed by atoms with Gasteiger partial charge in [0.2, 0.25) is 0 Å². The highest BCUT2D eigenvalue weighted by molar-refractivity contribution is 6.79. The molecule has 0 spiro atoms. The fourth-order valence-corrected chi connectivity index (χ4v) is 12.7. The lowest BCUT2D eigenvalue weighted by atomic mass is 10.2. The van der Waals surface area contributed by atoms with Gasteiger partial charge >= 0.3 is 0 Å². The molecule has 1 atom stereocenters. The molecule has 0 aliphatic heterocycles. The van der Waals surface area contributed by atoms with Crippen molar-refractivity contribution in [2.24, 2.45) is 5.92 Å². The third-order valence-electron chi connectivity index (χ3n) is 6.59. The van der Waals surface area contributed by atoms with Gasteiger partial charge in [-0.1, -0.05) is 68.1 Å². The van der Waals surface area contributed by atoms with Crippen molar-refractivity contribution < 1.29 is 13.6 Å². The van der Waals surface area contributed by atoms with Crippen molar-refractivity contribution in [3.05, 3.63) is 0 Å². The van der Waals surface area contributed by atoms with Crippen molar-refractivity contribution in [2.75, 3.05) is 20.2 Å². The van der Waals surface area contributed by atoms with E-state index in [9.17, 15) is 4.79 Å². The van der Waals surface area contributed by atoms with Crippen molar-refractivity contribution in [1.29, 1.82) is 0 Å². The second-order valence-electron chi connectivity index (χ2n) is 11.3. The summed E-state index contributed by atoms with van der Waals surface area (Å²) in [5.74, 6) is -0.0693. The van der Waals surface area contributed by atoms with Crippen LogP contribution < -0.4 is 0 Å². The molecule has 4 nitrogen and oxygen atoms in total. The zero-order valence-electron chi connectivity index (χ0n) is 21.8. The monoisotopic (exact) mass is 461 g/mol. The van der Waals surface area contributed by atoms with Crippen LogP contribution in [-0.2, 0) is 13.6 Å². The molecule has 0 aromatic carbocycles. The Hall–Kier alpha value is 0.0406. The first kappa shape index (κ1) is 29.0. The van der Waals surface area contributed by atoms with Gasteiger partial charge in [-0.15, -0.1) is 0 Å². The van der Waals surface area contributed by atoms with Crippen molar-refractivity contribution in [3.63, 3.8) is 0 Å². The number of rotatable bonds is 13. The first-order chi connectivity index (χ1) is 13.0. The highest BCUT2D eigenvalue weighted by Crippen LogP contribution is 2.42. The fourth-order valence-electron chi connectivity index (χ4n) is 4.53. The second-order valence-corrected chi connectivity index (χ2v) is 26.1. The number of nitrogens with zero attached hydrogens (tertiary/aromatic N) is 1. The Morgan fingerprint density at radius 2 is 1.31 bits per heavy atom. The maximum Gasteiger partial charge on any atom is 0.296 e. The lowest BCUT2D eigenvalue weighted by Crippen LogP contribution is -2.53. The topological polar surface area (TPSA) is 38.8 Å². The van der Waals surface area contributed by atoms with Crippen LogP contribution in [0.4, 0.5) is 0 Å². The number of carbonyl (C=O) groups excluding carboxylic acids is 1. The quantitative estimate of drug-likeness (QED) is 0.285. The molecule has 29 heavy (non-hydrogen) atoms. The minimum absolute atomic E-state index is 0.0163. The van der Waals surface area contributed by atoms with E-state index in [1.807, 2.05) is 7.11 Å². The van der Waals surface area contributed by atoms with Gasteiger partial charge in [-0.2, -0.15) is 0 Å². The zero-order valence-corrected chi connectivity index (χ0v) is 24.8. The van der Waals surface area contributed by atoms with Crippen molar-refractivity contribution in [2.45, 2.75) is 110 Å². The van der Waals surface area contributed by atoms with Crippen LogP contribution in [0.1, 0.15) is 54.9 Å². The van der Waals surface area contributed by atoms with Gasteiger partial charge in [0.1, 0.15) is 8.24 Å². The van der Waals surface area contributed by atoms with Crippen molar-refractivity contribution in [3.8, 4) is 0 Å². The summed E-state index contributed by atoms with van der Waals surface area (Å²) < 4.78 is 14.7. The minimum Gasteiger partial charge on any atom is -0.518 e. The van der Waals surface area contributed by atoms with Gasteiger partial charge in [-0.3, -0.25) is 4.79 Å². The average molecular weight is 462 g/mol. The highest BCUT2D eigenvalue weighted by atomic mass is 28.4. The van der Waals surface area contributed by atoms with E-state index in [0.29, 0.717) is 16.6 Å². The minimum atomic E-state index is -2.17. The van der Waals surface area contributed by atoms with E-state index in [1.54, 1.807) is 0 Å². The summed E-state index contributed by atoms with van der Waals surface area (Å²) in [5, 5.41) is 0. The number of hydrogen-bond donors (Lipinski definition) is 0. The van der Waals surface area contributed by atoms with Crippen LogP contribution in [0.3, 0.4) is 0 Å². The molecular weight excluding hydrogens is 411 g/mol. The van der Waals surface area contributed by atoms with Crippen LogP contribution in [0.25, 0.3) is 0 Å². The molecule has 0 saturated carbocycles. The van der Waals surface area contributed by atoms with Crippen LogP contribution in [0.2, 0.25) is 55.4 Å². The summed E-state index contributed by atoms with van der Waals surface area (Å²) in [6, 6.07) is 1.16. The Kier molecular flexibility index (Phi) is 11.6. The standard InChI is InChI=1S/C22H51NO3Si3/c1-18(2)29(19(3)4,20(5)6)26-22(24)21(7)17-23(27(9,10)11)15-14-16-28(12,13)25-8/h18-21H,14-17H2,1-13H3. The Morgan fingerprint density at radius 3 is 1.66 bits per heavy atom. The lowest BCUT2D eigenvalue weighted by Gasteiger charge is -2.42. The Bertz CT molecular complexity index is 480. The fraction of sp³-hybridized carbons (Fsp3) is 0.955. The van der Waals surface area contributed by atoms with E-state index in [2.05, 4.69) is 85.8 Å². The van der Waals surface area contributed by atoms with Crippen LogP contribution in [-0.4, -0.2) is 55.6 Å². The molecule has 0 amide bonds. The van der Waals surface area contributed by atoms with E-state index < -0.39 is 24.9 Å². The predicted octanol–water partition coefficient (Wildman–Crippen LogP) is 6.72. The van der Waals surface area contributed by atoms with E-state index in [-0.39, 0.29) is 11.9 Å². The van der Waals surface area contributed by atoms with Crippen LogP contribution in [0.15, 0.2) is 0 Å². The van der Waals surface area contributed by atoms with Crippen molar-refractivity contribution >= 4 is 30.8 Å². The molecule has 0 aromatic heterocycles. The Morgan fingerprint density at radius 1 is 0.862 bits per heavy atom. The van der Waals surface area contributed by atoms with Gasteiger partial charge < -0.3 is 13.4 Å². The van der Waals surface area contributed by atoms with Crippen LogP contribution >= 0.6 is 0 Å². The summed E-state index contributed by atoms with van der Waals surface area (Å²) in [7, 11) is -3.38. The van der Waals surface area contributed by atoms with E-state index in [4.69, 9.17) is 8.85 Å². The molecule has 0 bridgehead atoms. The van der Waals surface area contributed by atoms with E-state index in [0.717, 1.165) is 25.6 Å². The van der Waals surface area contributed by atoms with Gasteiger partial charge in [-0.25, -0.2) is 0 Å². The maximum absolute atomic E-state index is 13.2. The SMILES string of the molecule is CO[Si](C)(C)CCCN(CC(C)C(=O)O[Si](C(C)C)(C(C)C)C(C)C)[Si](C)(C)C. The molecule has 0 fully saturated rings. The maximum atomic E-state index is 13.2. The summed E-state index contributed by atoms with van der Waals surface area (Å²) >= 11 is 0. The number of hydrogen-bond acceptors (Lipinski definition) is 4. The third-order valence-corrected chi connectivity index (χ3v) is 17.5. The average Bonchev–Trinajstić information content (AvgIpc) is 2.56. The predicted molar refractivity (Wildman–Crippen MR) is 135 cm³/mol. The molecule has 0 aliphatic rings. The molecule has 0 radical (unpaired) electrons. The molecule has 1 unspecified atom stereocenters. The molecule has 0 heterocycles. The van der Waals surface area contributed by atoms with Gasteiger partial charge in [0.15, 0.2) is 8.32 Å². The summed E-state index contributed by atoms with van der Waals surface area (Å²) in [4.78, 5) is 13.2. The normalized spacial score (nSPS) is 14.9. The van der Waals surface area contributed by atoms with Gasteiger partial charge in [0.05, 0.1) is 5.92 Å².